The van der Waals surface area contributed by atoms with Crippen LogP contribution in [0, 0.1) is 5.92 Å². The van der Waals surface area contributed by atoms with Crippen LogP contribution in [0.3, 0.4) is 0 Å². The van der Waals surface area contributed by atoms with Gasteiger partial charge in [0.25, 0.3) is 0 Å². The van der Waals surface area contributed by atoms with Crippen molar-refractivity contribution in [2.75, 3.05) is 27.2 Å². The van der Waals surface area contributed by atoms with E-state index < -0.39 is 0 Å². The van der Waals surface area contributed by atoms with Crippen LogP contribution in [0.4, 0.5) is 0 Å². The quantitative estimate of drug-likeness (QED) is 0.761. The van der Waals surface area contributed by atoms with Gasteiger partial charge < -0.3 is 10.2 Å². The summed E-state index contributed by atoms with van der Waals surface area (Å²) in [5.74, 6) is 0.351. The molecule has 1 aromatic rings. The molecule has 0 saturated heterocycles. The average molecular weight is 260 g/mol. The number of amides is 1. The molecule has 0 radical (unpaired) electrons. The highest BCUT2D eigenvalue weighted by Gasteiger charge is 2.01. The van der Waals surface area contributed by atoms with Gasteiger partial charge in [0, 0.05) is 13.1 Å². The Labute approximate surface area is 116 Å². The lowest BCUT2D eigenvalue weighted by molar-refractivity contribution is -0.116. The molecule has 1 aromatic carbocycles. The summed E-state index contributed by atoms with van der Waals surface area (Å²) in [6.45, 7) is 3.67. The van der Waals surface area contributed by atoms with Crippen molar-refractivity contribution in [1.82, 2.24) is 10.2 Å². The third kappa shape index (κ3) is 7.42. The van der Waals surface area contributed by atoms with E-state index in [1.807, 2.05) is 43.3 Å². The van der Waals surface area contributed by atoms with Gasteiger partial charge in [0.05, 0.1) is 0 Å². The summed E-state index contributed by atoms with van der Waals surface area (Å²) in [7, 11) is 3.98. The van der Waals surface area contributed by atoms with E-state index in [1.165, 1.54) is 5.56 Å². The van der Waals surface area contributed by atoms with Crippen molar-refractivity contribution >= 4 is 5.91 Å². The topological polar surface area (TPSA) is 32.3 Å². The largest absolute Gasteiger partial charge is 0.351 e. The van der Waals surface area contributed by atoms with E-state index in [9.17, 15) is 4.79 Å². The molecular formula is C16H24N2O. The number of hydrogen-bond donors (Lipinski definition) is 1. The first kappa shape index (κ1) is 15.4. The Kier molecular flexibility index (Phi) is 6.90. The molecule has 0 bridgehead atoms. The van der Waals surface area contributed by atoms with Crippen LogP contribution in [0.2, 0.25) is 0 Å². The lowest BCUT2D eigenvalue weighted by Gasteiger charge is -2.09. The first-order chi connectivity index (χ1) is 9.08. The number of likely N-dealkylation sites (N-methyl/N-ethyl adjacent to an activating group) is 1. The fourth-order valence-corrected chi connectivity index (χ4v) is 1.77. The summed E-state index contributed by atoms with van der Waals surface area (Å²) in [6, 6.07) is 10.3. The van der Waals surface area contributed by atoms with Gasteiger partial charge in [-0.25, -0.2) is 0 Å². The van der Waals surface area contributed by atoms with Crippen LogP contribution in [0.25, 0.3) is 0 Å². The summed E-state index contributed by atoms with van der Waals surface area (Å²) in [5.41, 5.74) is 1.30. The van der Waals surface area contributed by atoms with Crippen LogP contribution < -0.4 is 5.32 Å². The summed E-state index contributed by atoms with van der Waals surface area (Å²) in [6.07, 6.45) is 4.57. The second kappa shape index (κ2) is 8.48. The lowest BCUT2D eigenvalue weighted by Crippen LogP contribution is -2.30. The molecule has 0 aliphatic carbocycles. The Hall–Kier alpha value is -1.61. The van der Waals surface area contributed by atoms with Gasteiger partial charge in [0.15, 0.2) is 0 Å². The zero-order valence-corrected chi connectivity index (χ0v) is 12.1. The van der Waals surface area contributed by atoms with E-state index in [4.69, 9.17) is 0 Å². The number of nitrogens with one attached hydrogen (secondary N) is 1. The summed E-state index contributed by atoms with van der Waals surface area (Å²) in [5, 5.41) is 2.87. The molecule has 19 heavy (non-hydrogen) atoms. The maximum atomic E-state index is 11.6. The zero-order chi connectivity index (χ0) is 14.1. The van der Waals surface area contributed by atoms with Crippen LogP contribution in [-0.4, -0.2) is 38.0 Å². The van der Waals surface area contributed by atoms with E-state index in [0.717, 1.165) is 13.0 Å². The third-order valence-electron chi connectivity index (χ3n) is 2.83. The van der Waals surface area contributed by atoms with Gasteiger partial charge in [-0.15, -0.1) is 0 Å². The molecule has 0 heterocycles. The minimum Gasteiger partial charge on any atom is -0.351 e. The molecule has 0 saturated carbocycles. The Morgan fingerprint density at radius 3 is 2.63 bits per heavy atom. The lowest BCUT2D eigenvalue weighted by atomic mass is 10.0. The van der Waals surface area contributed by atoms with Gasteiger partial charge in [0.1, 0.15) is 0 Å². The van der Waals surface area contributed by atoms with Crippen molar-refractivity contribution in [3.8, 4) is 0 Å². The van der Waals surface area contributed by atoms with Crippen molar-refractivity contribution in [3.05, 3.63) is 48.0 Å². The first-order valence-electron chi connectivity index (χ1n) is 6.72. The molecule has 104 valence electrons. The maximum absolute atomic E-state index is 11.6. The second-order valence-electron chi connectivity index (χ2n) is 5.12. The van der Waals surface area contributed by atoms with Crippen molar-refractivity contribution < 1.29 is 4.79 Å². The standard InChI is InChI=1S/C16H24N2O/c1-14(13-15-7-5-4-6-8-15)9-10-16(19)17-11-12-18(2)3/h4-10,14H,11-13H2,1-3H3,(H,17,19)/t14-/m0/s1. The van der Waals surface area contributed by atoms with Gasteiger partial charge in [0.2, 0.25) is 5.91 Å². The highest BCUT2D eigenvalue weighted by atomic mass is 16.1. The Morgan fingerprint density at radius 1 is 1.32 bits per heavy atom. The predicted octanol–water partition coefficient (Wildman–Crippen LogP) is 2.10. The summed E-state index contributed by atoms with van der Waals surface area (Å²) < 4.78 is 0. The van der Waals surface area contributed by atoms with Crippen molar-refractivity contribution in [3.63, 3.8) is 0 Å². The molecule has 0 unspecified atom stereocenters. The van der Waals surface area contributed by atoms with Crippen molar-refractivity contribution in [2.24, 2.45) is 5.92 Å². The van der Waals surface area contributed by atoms with Gasteiger partial charge in [-0.2, -0.15) is 0 Å². The summed E-state index contributed by atoms with van der Waals surface area (Å²) in [4.78, 5) is 13.6. The van der Waals surface area contributed by atoms with E-state index >= 15 is 0 Å². The minimum atomic E-state index is -0.0123. The van der Waals surface area contributed by atoms with E-state index in [1.54, 1.807) is 6.08 Å². The van der Waals surface area contributed by atoms with Crippen LogP contribution in [0.1, 0.15) is 12.5 Å². The smallest absolute Gasteiger partial charge is 0.243 e. The molecule has 1 N–H and O–H groups in total. The molecule has 0 aromatic heterocycles. The number of rotatable bonds is 7. The molecule has 0 aliphatic heterocycles. The molecule has 0 aliphatic rings. The van der Waals surface area contributed by atoms with Crippen molar-refractivity contribution in [1.29, 1.82) is 0 Å². The van der Waals surface area contributed by atoms with Gasteiger partial charge >= 0.3 is 0 Å². The number of carbonyl (C=O) groups is 1. The monoisotopic (exact) mass is 260 g/mol. The van der Waals surface area contributed by atoms with E-state index in [0.29, 0.717) is 12.5 Å². The Bertz CT molecular complexity index is 398. The molecule has 0 spiro atoms. The molecule has 0 fully saturated rings. The first-order valence-corrected chi connectivity index (χ1v) is 6.72. The maximum Gasteiger partial charge on any atom is 0.243 e. The number of nitrogens with zero attached hydrogens (tertiary/aromatic N) is 1. The highest BCUT2D eigenvalue weighted by Crippen LogP contribution is 2.08. The van der Waals surface area contributed by atoms with Crippen LogP contribution in [-0.2, 0) is 11.2 Å². The van der Waals surface area contributed by atoms with Gasteiger partial charge in [-0.1, -0.05) is 43.3 Å². The average Bonchev–Trinajstić information content (AvgIpc) is 2.37. The molecule has 3 heteroatoms. The molecule has 1 amide bonds. The van der Waals surface area contributed by atoms with Crippen LogP contribution in [0.5, 0.6) is 0 Å². The number of carbonyl (C=O) groups excluding carboxylic acids is 1. The number of hydrogen-bond acceptors (Lipinski definition) is 2. The number of benzene rings is 1. The van der Waals surface area contributed by atoms with E-state index in [2.05, 4.69) is 24.4 Å². The van der Waals surface area contributed by atoms with E-state index in [-0.39, 0.29) is 5.91 Å². The van der Waals surface area contributed by atoms with Crippen LogP contribution >= 0.6 is 0 Å². The normalized spacial score (nSPS) is 12.8. The highest BCUT2D eigenvalue weighted by molar-refractivity contribution is 5.87. The third-order valence-corrected chi connectivity index (χ3v) is 2.83. The Morgan fingerprint density at radius 2 is 2.00 bits per heavy atom. The molecular weight excluding hydrogens is 236 g/mol. The molecule has 3 nitrogen and oxygen atoms in total. The van der Waals surface area contributed by atoms with Crippen molar-refractivity contribution in [2.45, 2.75) is 13.3 Å². The fourth-order valence-electron chi connectivity index (χ4n) is 1.77. The minimum absolute atomic E-state index is 0.0123. The second-order valence-corrected chi connectivity index (χ2v) is 5.12. The fraction of sp³-hybridized carbons (Fsp3) is 0.438. The molecule has 1 rings (SSSR count). The van der Waals surface area contributed by atoms with Crippen LogP contribution in [0.15, 0.2) is 42.5 Å². The SMILES string of the molecule is C[C@@H](C=CC(=O)NCCN(C)C)Cc1ccccc1. The summed E-state index contributed by atoms with van der Waals surface area (Å²) >= 11 is 0. The predicted molar refractivity (Wildman–Crippen MR) is 80.0 cm³/mol. The Balaban J connectivity index is 2.29. The number of allylic oxidation sites excluding steroid dienone is 1. The zero-order valence-electron chi connectivity index (χ0n) is 12.1. The van der Waals surface area contributed by atoms with Gasteiger partial charge in [-0.3, -0.25) is 4.79 Å². The molecule has 1 atom stereocenters. The van der Waals surface area contributed by atoms with Gasteiger partial charge in [-0.05, 0) is 38.1 Å².